The summed E-state index contributed by atoms with van der Waals surface area (Å²) in [7, 11) is 1.42. The van der Waals surface area contributed by atoms with E-state index in [0.29, 0.717) is 16.4 Å². The number of methoxy groups -OCH3 is 1. The molecule has 6 nitrogen and oxygen atoms in total. The molecule has 1 aromatic rings. The van der Waals surface area contributed by atoms with Gasteiger partial charge in [0.05, 0.1) is 0 Å². The fraction of sp³-hybridized carbons (Fsp3) is 0.286. The van der Waals surface area contributed by atoms with Crippen molar-refractivity contribution in [2.75, 3.05) is 19.0 Å². The molecule has 21 heavy (non-hydrogen) atoms. The number of amides is 2. The first-order chi connectivity index (χ1) is 9.93. The number of rotatable bonds is 6. The third kappa shape index (κ3) is 5.85. The Hall–Kier alpha value is -2.05. The molecule has 114 valence electrons. The van der Waals surface area contributed by atoms with Crippen molar-refractivity contribution in [2.45, 2.75) is 13.8 Å². The lowest BCUT2D eigenvalue weighted by atomic mass is 10.2. The van der Waals surface area contributed by atoms with Crippen molar-refractivity contribution in [3.8, 4) is 0 Å². The molecule has 0 bridgehead atoms. The van der Waals surface area contributed by atoms with E-state index in [4.69, 9.17) is 11.6 Å². The van der Waals surface area contributed by atoms with Crippen molar-refractivity contribution in [2.24, 2.45) is 0 Å². The summed E-state index contributed by atoms with van der Waals surface area (Å²) in [6, 6.07) is 5.27. The fourth-order valence-corrected chi connectivity index (χ4v) is 1.65. The van der Waals surface area contributed by atoms with E-state index in [1.807, 2.05) is 6.92 Å². The van der Waals surface area contributed by atoms with Crippen LogP contribution in [0, 0.1) is 6.92 Å². The summed E-state index contributed by atoms with van der Waals surface area (Å²) >= 11 is 5.98. The van der Waals surface area contributed by atoms with Gasteiger partial charge in [-0.25, -0.2) is 0 Å². The van der Waals surface area contributed by atoms with Crippen molar-refractivity contribution < 1.29 is 14.3 Å². The van der Waals surface area contributed by atoms with Crippen molar-refractivity contribution in [3.05, 3.63) is 40.6 Å². The minimum atomic E-state index is -0.337. The molecule has 0 unspecified atom stereocenters. The highest BCUT2D eigenvalue weighted by atomic mass is 35.5. The second-order valence-corrected chi connectivity index (χ2v) is 4.74. The second-order valence-electron chi connectivity index (χ2n) is 4.34. The van der Waals surface area contributed by atoms with Gasteiger partial charge in [0.2, 0.25) is 5.91 Å². The first-order valence-corrected chi connectivity index (χ1v) is 6.60. The number of ether oxygens (including phenoxy) is 1. The van der Waals surface area contributed by atoms with Crippen LogP contribution in [0.15, 0.2) is 30.0 Å². The summed E-state index contributed by atoms with van der Waals surface area (Å²) in [5.41, 5.74) is 6.91. The lowest BCUT2D eigenvalue weighted by Gasteiger charge is -2.10. The molecular weight excluding hydrogens is 294 g/mol. The number of benzene rings is 1. The maximum Gasteiger partial charge on any atom is 0.264 e. The van der Waals surface area contributed by atoms with E-state index in [-0.39, 0.29) is 18.4 Å². The van der Waals surface area contributed by atoms with Crippen LogP contribution in [0.25, 0.3) is 0 Å². The smallest absolute Gasteiger partial charge is 0.264 e. The second kappa shape index (κ2) is 8.28. The highest BCUT2D eigenvalue weighted by Gasteiger charge is 2.05. The van der Waals surface area contributed by atoms with Crippen molar-refractivity contribution in [1.82, 2.24) is 10.9 Å². The van der Waals surface area contributed by atoms with Crippen LogP contribution in [0.1, 0.15) is 12.5 Å². The molecule has 0 saturated heterocycles. The molecule has 1 rings (SSSR count). The van der Waals surface area contributed by atoms with E-state index >= 15 is 0 Å². The normalized spacial score (nSPS) is 11.0. The summed E-state index contributed by atoms with van der Waals surface area (Å²) in [6.07, 6.45) is 1.33. The van der Waals surface area contributed by atoms with Gasteiger partial charge in [0.25, 0.3) is 5.91 Å². The minimum absolute atomic E-state index is 0.0613. The first kappa shape index (κ1) is 17.0. The van der Waals surface area contributed by atoms with Gasteiger partial charge < -0.3 is 15.5 Å². The Morgan fingerprint density at radius 1 is 1.33 bits per heavy atom. The Morgan fingerprint density at radius 2 is 2.05 bits per heavy atom. The molecule has 3 N–H and O–H groups in total. The summed E-state index contributed by atoms with van der Waals surface area (Å²) in [5, 5.41) is 3.30. The topological polar surface area (TPSA) is 79.5 Å². The van der Waals surface area contributed by atoms with Gasteiger partial charge in [-0.15, -0.1) is 0 Å². The van der Waals surface area contributed by atoms with Crippen molar-refractivity contribution in [3.63, 3.8) is 0 Å². The number of allylic oxidation sites excluding steroid dienone is 1. The number of nitrogens with one attached hydrogen (secondary N) is 3. The van der Waals surface area contributed by atoms with Crippen LogP contribution >= 0.6 is 11.6 Å². The summed E-state index contributed by atoms with van der Waals surface area (Å²) in [6.45, 7) is 3.41. The molecule has 7 heteroatoms. The van der Waals surface area contributed by atoms with E-state index < -0.39 is 0 Å². The Labute approximate surface area is 128 Å². The first-order valence-electron chi connectivity index (χ1n) is 6.22. The molecule has 0 aliphatic rings. The third-order valence-corrected chi connectivity index (χ3v) is 2.96. The molecule has 1 aromatic carbocycles. The van der Waals surface area contributed by atoms with Crippen LogP contribution in [0.2, 0.25) is 5.02 Å². The average molecular weight is 312 g/mol. The van der Waals surface area contributed by atoms with Gasteiger partial charge in [0, 0.05) is 29.6 Å². The van der Waals surface area contributed by atoms with E-state index in [0.717, 1.165) is 5.56 Å². The predicted octanol–water partition coefficient (Wildman–Crippen LogP) is 1.76. The van der Waals surface area contributed by atoms with Crippen LogP contribution in [0.4, 0.5) is 5.69 Å². The van der Waals surface area contributed by atoms with E-state index in [1.54, 1.807) is 25.1 Å². The zero-order chi connectivity index (χ0) is 15.8. The Kier molecular flexibility index (Phi) is 6.71. The lowest BCUT2D eigenvalue weighted by Crippen LogP contribution is -2.38. The van der Waals surface area contributed by atoms with Crippen LogP contribution < -0.4 is 16.2 Å². The number of carbonyl (C=O) groups is 2. The fourth-order valence-electron chi connectivity index (χ4n) is 1.48. The van der Waals surface area contributed by atoms with Crippen molar-refractivity contribution in [1.29, 1.82) is 0 Å². The number of hydrogen-bond donors (Lipinski definition) is 3. The molecule has 0 aromatic heterocycles. The van der Waals surface area contributed by atoms with Gasteiger partial charge in [-0.05, 0) is 31.5 Å². The van der Waals surface area contributed by atoms with Gasteiger partial charge in [0.1, 0.15) is 6.61 Å². The Morgan fingerprint density at radius 3 is 2.71 bits per heavy atom. The number of anilines is 1. The molecule has 0 heterocycles. The molecule has 0 aliphatic heterocycles. The molecule has 0 saturated carbocycles. The highest BCUT2D eigenvalue weighted by Crippen LogP contribution is 2.22. The van der Waals surface area contributed by atoms with Crippen molar-refractivity contribution >= 4 is 29.1 Å². The molecule has 0 aliphatic carbocycles. The molecule has 0 spiro atoms. The van der Waals surface area contributed by atoms with Gasteiger partial charge in [-0.1, -0.05) is 17.7 Å². The number of halogens is 1. The molecule has 0 radical (unpaired) electrons. The van der Waals surface area contributed by atoms with E-state index in [1.165, 1.54) is 13.2 Å². The number of hydrogen-bond acceptors (Lipinski definition) is 4. The molecular formula is C14H18ClN3O3. The monoisotopic (exact) mass is 311 g/mol. The maximum absolute atomic E-state index is 11.8. The summed E-state index contributed by atoms with van der Waals surface area (Å²) in [4.78, 5) is 23.0. The van der Waals surface area contributed by atoms with Crippen LogP contribution in [-0.2, 0) is 14.3 Å². The minimum Gasteiger partial charge on any atom is -0.375 e. The Balaban J connectivity index is 2.57. The largest absolute Gasteiger partial charge is 0.375 e. The van der Waals surface area contributed by atoms with Gasteiger partial charge >= 0.3 is 0 Å². The van der Waals surface area contributed by atoms with Gasteiger partial charge in [-0.3, -0.25) is 15.0 Å². The Bertz CT molecular complexity index is 558. The zero-order valence-electron chi connectivity index (χ0n) is 12.1. The van der Waals surface area contributed by atoms with E-state index in [2.05, 4.69) is 20.9 Å². The number of carbonyl (C=O) groups excluding carboxylic acids is 2. The lowest BCUT2D eigenvalue weighted by molar-refractivity contribution is -0.125. The van der Waals surface area contributed by atoms with Crippen LogP contribution in [0.3, 0.4) is 0 Å². The quantitative estimate of drug-likeness (QED) is 0.552. The van der Waals surface area contributed by atoms with Crippen LogP contribution in [-0.4, -0.2) is 25.5 Å². The summed E-state index contributed by atoms with van der Waals surface area (Å²) in [5.74, 6) is -0.664. The standard InChI is InChI=1S/C14H18ClN3O3/c1-9(17-18-14(20)8-21-3)7-13(19)16-12-6-4-5-11(15)10(12)2/h4-7,17H,8H2,1-3H3,(H,16,19)(H,18,20). The highest BCUT2D eigenvalue weighted by molar-refractivity contribution is 6.31. The van der Waals surface area contributed by atoms with Gasteiger partial charge in [-0.2, -0.15) is 0 Å². The average Bonchev–Trinajstić information content (AvgIpc) is 2.42. The predicted molar refractivity (Wildman–Crippen MR) is 81.7 cm³/mol. The maximum atomic E-state index is 11.8. The summed E-state index contributed by atoms with van der Waals surface area (Å²) < 4.78 is 4.66. The number of hydrazine groups is 1. The van der Waals surface area contributed by atoms with Crippen LogP contribution in [0.5, 0.6) is 0 Å². The van der Waals surface area contributed by atoms with E-state index in [9.17, 15) is 9.59 Å². The SMILES string of the molecule is COCC(=O)NNC(C)=CC(=O)Nc1cccc(Cl)c1C. The third-order valence-electron chi connectivity index (χ3n) is 2.55. The zero-order valence-corrected chi connectivity index (χ0v) is 12.9. The molecule has 2 amide bonds. The molecule has 0 atom stereocenters. The molecule has 0 fully saturated rings. The van der Waals surface area contributed by atoms with Gasteiger partial charge in [0.15, 0.2) is 0 Å².